The van der Waals surface area contributed by atoms with Crippen molar-refractivity contribution in [3.05, 3.63) is 71.9 Å². The number of piperazine rings is 1. The van der Waals surface area contributed by atoms with Gasteiger partial charge >= 0.3 is 0 Å². The fourth-order valence-corrected chi connectivity index (χ4v) is 3.26. The first kappa shape index (κ1) is 18.2. The summed E-state index contributed by atoms with van der Waals surface area (Å²) in [4.78, 5) is 13.6. The number of nitrogens with zero attached hydrogens (tertiary/aromatic N) is 4. The van der Waals surface area contributed by atoms with E-state index in [0.717, 1.165) is 43.2 Å². The standard InChI is InChI=1S/C21H21F2N5/c1-15-14-20(25-18-6-2-16(22)3-7-18)26-21(24-15)28-12-10-27(11-13-28)19-8-4-17(23)5-9-19/h2-9,14H,10-13H2,1H3,(H,24,25,26). The Bertz CT molecular complexity index is 936. The third-order valence-electron chi connectivity index (χ3n) is 4.71. The molecule has 1 aromatic heterocycles. The summed E-state index contributed by atoms with van der Waals surface area (Å²) in [6.45, 7) is 5.09. The number of anilines is 4. The highest BCUT2D eigenvalue weighted by Crippen LogP contribution is 2.22. The number of hydrogen-bond donors (Lipinski definition) is 1. The van der Waals surface area contributed by atoms with E-state index >= 15 is 0 Å². The third kappa shape index (κ3) is 4.19. The minimum absolute atomic E-state index is 0.225. The highest BCUT2D eigenvalue weighted by atomic mass is 19.1. The zero-order valence-electron chi connectivity index (χ0n) is 15.6. The van der Waals surface area contributed by atoms with Crippen LogP contribution in [0.25, 0.3) is 0 Å². The van der Waals surface area contributed by atoms with E-state index in [9.17, 15) is 8.78 Å². The van der Waals surface area contributed by atoms with Crippen LogP contribution in [-0.4, -0.2) is 36.1 Å². The molecule has 1 saturated heterocycles. The molecule has 0 bridgehead atoms. The summed E-state index contributed by atoms with van der Waals surface area (Å²) in [7, 11) is 0. The molecule has 1 N–H and O–H groups in total. The lowest BCUT2D eigenvalue weighted by molar-refractivity contribution is 0.623. The van der Waals surface area contributed by atoms with Crippen LogP contribution in [0.1, 0.15) is 5.69 Å². The van der Waals surface area contributed by atoms with Crippen molar-refractivity contribution in [2.75, 3.05) is 41.3 Å². The normalized spacial score (nSPS) is 14.2. The van der Waals surface area contributed by atoms with E-state index in [-0.39, 0.29) is 11.6 Å². The summed E-state index contributed by atoms with van der Waals surface area (Å²) in [5.41, 5.74) is 2.65. The fraction of sp³-hybridized carbons (Fsp3) is 0.238. The Morgan fingerprint density at radius 2 is 1.36 bits per heavy atom. The van der Waals surface area contributed by atoms with E-state index in [1.807, 2.05) is 13.0 Å². The smallest absolute Gasteiger partial charge is 0.227 e. The molecular weight excluding hydrogens is 360 g/mol. The van der Waals surface area contributed by atoms with Crippen LogP contribution >= 0.6 is 0 Å². The molecule has 4 rings (SSSR count). The van der Waals surface area contributed by atoms with Gasteiger partial charge in [0.15, 0.2) is 0 Å². The van der Waals surface area contributed by atoms with Crippen LogP contribution in [0.3, 0.4) is 0 Å². The lowest BCUT2D eigenvalue weighted by Gasteiger charge is -2.36. The van der Waals surface area contributed by atoms with E-state index in [4.69, 9.17) is 0 Å². The van der Waals surface area contributed by atoms with Crippen molar-refractivity contribution in [3.63, 3.8) is 0 Å². The van der Waals surface area contributed by atoms with E-state index in [1.54, 1.807) is 24.3 Å². The summed E-state index contributed by atoms with van der Waals surface area (Å²) < 4.78 is 26.2. The third-order valence-corrected chi connectivity index (χ3v) is 4.71. The van der Waals surface area contributed by atoms with Crippen LogP contribution in [0.5, 0.6) is 0 Å². The molecule has 3 aromatic rings. The number of halogens is 2. The Kier molecular flexibility index (Phi) is 5.06. The first-order valence-corrected chi connectivity index (χ1v) is 9.20. The molecule has 7 heteroatoms. The molecule has 5 nitrogen and oxygen atoms in total. The molecule has 2 aromatic carbocycles. The molecule has 1 aliphatic heterocycles. The van der Waals surface area contributed by atoms with E-state index in [0.29, 0.717) is 11.8 Å². The van der Waals surface area contributed by atoms with Crippen LogP contribution in [-0.2, 0) is 0 Å². The van der Waals surface area contributed by atoms with E-state index in [1.165, 1.54) is 24.3 Å². The average molecular weight is 381 g/mol. The van der Waals surface area contributed by atoms with Gasteiger partial charge in [0.2, 0.25) is 5.95 Å². The molecule has 0 amide bonds. The van der Waals surface area contributed by atoms with Crippen molar-refractivity contribution in [3.8, 4) is 0 Å². The van der Waals surface area contributed by atoms with Crippen LogP contribution in [0, 0.1) is 18.6 Å². The van der Waals surface area contributed by atoms with Gasteiger partial charge in [-0.1, -0.05) is 0 Å². The Hall–Kier alpha value is -3.22. The molecule has 0 saturated carbocycles. The zero-order valence-corrected chi connectivity index (χ0v) is 15.6. The lowest BCUT2D eigenvalue weighted by Crippen LogP contribution is -2.47. The van der Waals surface area contributed by atoms with Gasteiger partial charge in [-0.25, -0.2) is 13.8 Å². The van der Waals surface area contributed by atoms with Gasteiger partial charge in [-0.2, -0.15) is 4.98 Å². The van der Waals surface area contributed by atoms with Gasteiger partial charge < -0.3 is 15.1 Å². The quantitative estimate of drug-likeness (QED) is 0.736. The van der Waals surface area contributed by atoms with Gasteiger partial charge in [0.05, 0.1) is 0 Å². The van der Waals surface area contributed by atoms with Gasteiger partial charge in [-0.3, -0.25) is 0 Å². The molecule has 0 atom stereocenters. The van der Waals surface area contributed by atoms with Crippen molar-refractivity contribution in [2.45, 2.75) is 6.92 Å². The predicted octanol–water partition coefficient (Wildman–Crippen LogP) is 4.13. The summed E-state index contributed by atoms with van der Waals surface area (Å²) in [5, 5.41) is 3.20. The molecule has 0 radical (unpaired) electrons. The summed E-state index contributed by atoms with van der Waals surface area (Å²) >= 11 is 0. The summed E-state index contributed by atoms with van der Waals surface area (Å²) in [6, 6.07) is 14.6. The van der Waals surface area contributed by atoms with Crippen molar-refractivity contribution < 1.29 is 8.78 Å². The lowest BCUT2D eigenvalue weighted by atomic mass is 10.2. The second kappa shape index (κ2) is 7.80. The van der Waals surface area contributed by atoms with Gasteiger partial charge in [-0.15, -0.1) is 0 Å². The molecule has 1 fully saturated rings. The number of benzene rings is 2. The number of aryl methyl sites for hydroxylation is 1. The molecule has 144 valence electrons. The molecule has 2 heterocycles. The second-order valence-corrected chi connectivity index (χ2v) is 6.78. The first-order valence-electron chi connectivity index (χ1n) is 9.20. The van der Waals surface area contributed by atoms with E-state index in [2.05, 4.69) is 25.1 Å². The Balaban J connectivity index is 1.45. The Morgan fingerprint density at radius 3 is 2.00 bits per heavy atom. The maximum atomic E-state index is 13.1. The molecule has 0 spiro atoms. The van der Waals surface area contributed by atoms with Crippen LogP contribution in [0.15, 0.2) is 54.6 Å². The maximum Gasteiger partial charge on any atom is 0.227 e. The fourth-order valence-electron chi connectivity index (χ4n) is 3.26. The average Bonchev–Trinajstić information content (AvgIpc) is 2.70. The van der Waals surface area contributed by atoms with Gasteiger partial charge in [0.1, 0.15) is 17.5 Å². The van der Waals surface area contributed by atoms with Crippen LogP contribution < -0.4 is 15.1 Å². The predicted molar refractivity (Wildman–Crippen MR) is 107 cm³/mol. The zero-order chi connectivity index (χ0) is 19.5. The highest BCUT2D eigenvalue weighted by Gasteiger charge is 2.20. The monoisotopic (exact) mass is 381 g/mol. The molecule has 0 unspecified atom stereocenters. The Morgan fingerprint density at radius 1 is 0.786 bits per heavy atom. The van der Waals surface area contributed by atoms with Crippen LogP contribution in [0.4, 0.5) is 31.9 Å². The second-order valence-electron chi connectivity index (χ2n) is 6.78. The van der Waals surface area contributed by atoms with Crippen molar-refractivity contribution in [1.82, 2.24) is 9.97 Å². The van der Waals surface area contributed by atoms with Crippen molar-refractivity contribution >= 4 is 23.1 Å². The molecular formula is C21H21F2N5. The summed E-state index contributed by atoms with van der Waals surface area (Å²) in [5.74, 6) is 0.847. The number of aromatic nitrogens is 2. The van der Waals surface area contributed by atoms with Gasteiger partial charge in [-0.05, 0) is 55.5 Å². The SMILES string of the molecule is Cc1cc(Nc2ccc(F)cc2)nc(N2CCN(c3ccc(F)cc3)CC2)n1. The van der Waals surface area contributed by atoms with Crippen molar-refractivity contribution in [1.29, 1.82) is 0 Å². The van der Waals surface area contributed by atoms with Crippen LogP contribution in [0.2, 0.25) is 0 Å². The van der Waals surface area contributed by atoms with Gasteiger partial charge in [0, 0.05) is 49.3 Å². The topological polar surface area (TPSA) is 44.3 Å². The summed E-state index contributed by atoms with van der Waals surface area (Å²) in [6.07, 6.45) is 0. The minimum atomic E-state index is -0.274. The number of rotatable bonds is 4. The highest BCUT2D eigenvalue weighted by molar-refractivity contribution is 5.58. The molecule has 1 aliphatic rings. The molecule has 0 aliphatic carbocycles. The number of nitrogens with one attached hydrogen (secondary N) is 1. The number of hydrogen-bond acceptors (Lipinski definition) is 5. The van der Waals surface area contributed by atoms with Gasteiger partial charge in [0.25, 0.3) is 0 Å². The van der Waals surface area contributed by atoms with E-state index < -0.39 is 0 Å². The molecule has 28 heavy (non-hydrogen) atoms. The van der Waals surface area contributed by atoms with Crippen molar-refractivity contribution in [2.24, 2.45) is 0 Å². The first-order chi connectivity index (χ1) is 13.6. The minimum Gasteiger partial charge on any atom is -0.368 e. The maximum absolute atomic E-state index is 13.1. The largest absolute Gasteiger partial charge is 0.368 e. The Labute approximate surface area is 162 Å².